The van der Waals surface area contributed by atoms with Crippen molar-refractivity contribution in [3.63, 3.8) is 0 Å². The molecule has 2 saturated heterocycles. The van der Waals surface area contributed by atoms with Gasteiger partial charge in [-0.25, -0.2) is 0 Å². The average Bonchev–Trinajstić information content (AvgIpc) is 2.95. The van der Waals surface area contributed by atoms with Gasteiger partial charge in [0, 0.05) is 6.61 Å². The zero-order valence-electron chi connectivity index (χ0n) is 11.1. The maximum absolute atomic E-state index is 12.2. The third-order valence-electron chi connectivity index (χ3n) is 3.61. The molecule has 2 radical (unpaired) electrons. The normalized spacial score (nSPS) is 33.2. The lowest BCUT2D eigenvalue weighted by Crippen LogP contribution is -2.32. The molecule has 7 heteroatoms. The molecule has 1 aromatic rings. The van der Waals surface area contributed by atoms with Gasteiger partial charge >= 0.3 is 0 Å². The first-order chi connectivity index (χ1) is 9.47. The highest BCUT2D eigenvalue weighted by Gasteiger charge is 2.47. The van der Waals surface area contributed by atoms with Crippen molar-refractivity contribution in [3.05, 3.63) is 29.8 Å². The van der Waals surface area contributed by atoms with E-state index in [9.17, 15) is 8.42 Å². The lowest BCUT2D eigenvalue weighted by Gasteiger charge is -2.16. The van der Waals surface area contributed by atoms with E-state index in [0.29, 0.717) is 6.61 Å². The Morgan fingerprint density at radius 2 is 1.80 bits per heavy atom. The van der Waals surface area contributed by atoms with Crippen molar-refractivity contribution in [1.29, 1.82) is 0 Å². The molecule has 0 aliphatic carbocycles. The molecule has 3 rings (SSSR count). The fourth-order valence-electron chi connectivity index (χ4n) is 2.50. The van der Waals surface area contributed by atoms with E-state index in [0.717, 1.165) is 5.56 Å². The van der Waals surface area contributed by atoms with Crippen molar-refractivity contribution in [3.8, 4) is 0 Å². The Kier molecular flexibility index (Phi) is 3.62. The fraction of sp³-hybridized carbons (Fsp3) is 0.538. The van der Waals surface area contributed by atoms with Crippen molar-refractivity contribution < 1.29 is 22.1 Å². The molecule has 20 heavy (non-hydrogen) atoms. The zero-order valence-corrected chi connectivity index (χ0v) is 11.9. The molecule has 5 nitrogen and oxygen atoms in total. The highest BCUT2D eigenvalue weighted by molar-refractivity contribution is 7.86. The second-order valence-electron chi connectivity index (χ2n) is 5.16. The second kappa shape index (κ2) is 5.14. The van der Waals surface area contributed by atoms with Gasteiger partial charge < -0.3 is 9.47 Å². The van der Waals surface area contributed by atoms with Gasteiger partial charge in [-0.1, -0.05) is 17.7 Å². The summed E-state index contributed by atoms with van der Waals surface area (Å²) in [5, 5.41) is 0. The average molecular weight is 294 g/mol. The van der Waals surface area contributed by atoms with Crippen molar-refractivity contribution in [1.82, 2.24) is 0 Å². The lowest BCUT2D eigenvalue weighted by molar-refractivity contribution is 0.0336. The highest BCUT2D eigenvalue weighted by Crippen LogP contribution is 2.35. The van der Waals surface area contributed by atoms with Crippen molar-refractivity contribution in [2.45, 2.75) is 35.9 Å². The number of aryl methyl sites for hydroxylation is 1. The highest BCUT2D eigenvalue weighted by atomic mass is 32.2. The number of hydrogen-bond acceptors (Lipinski definition) is 5. The Balaban J connectivity index is 1.76. The molecule has 0 N–H and O–H groups in total. The predicted molar refractivity (Wildman–Crippen MR) is 72.2 cm³/mol. The van der Waals surface area contributed by atoms with Crippen LogP contribution in [0.25, 0.3) is 0 Å². The molecule has 4 atom stereocenters. The minimum Gasteiger partial charge on any atom is -0.373 e. The minimum atomic E-state index is -3.82. The van der Waals surface area contributed by atoms with E-state index in [4.69, 9.17) is 21.5 Å². The second-order valence-corrected chi connectivity index (χ2v) is 6.73. The molecule has 0 bridgehead atoms. The summed E-state index contributed by atoms with van der Waals surface area (Å²) in [7, 11) is 2.00. The molecule has 0 unspecified atom stereocenters. The Labute approximate surface area is 119 Å². The molecule has 0 spiro atoms. The van der Waals surface area contributed by atoms with Crippen LogP contribution in [0.5, 0.6) is 0 Å². The molecule has 2 aliphatic rings. The fourth-order valence-corrected chi connectivity index (χ4v) is 3.57. The Morgan fingerprint density at radius 3 is 2.50 bits per heavy atom. The minimum absolute atomic E-state index is 0.133. The smallest absolute Gasteiger partial charge is 0.297 e. The van der Waals surface area contributed by atoms with Crippen LogP contribution in [0.1, 0.15) is 5.56 Å². The van der Waals surface area contributed by atoms with E-state index in [2.05, 4.69) is 0 Å². The van der Waals surface area contributed by atoms with Gasteiger partial charge in [0.15, 0.2) is 0 Å². The van der Waals surface area contributed by atoms with Gasteiger partial charge in [0.2, 0.25) is 0 Å². The van der Waals surface area contributed by atoms with E-state index in [1.807, 2.05) is 6.92 Å². The Bertz CT molecular complexity index is 585. The summed E-state index contributed by atoms with van der Waals surface area (Å²) in [5.41, 5.74) is 0.985. The van der Waals surface area contributed by atoms with Crippen LogP contribution >= 0.6 is 0 Å². The Hall–Kier alpha value is -0.885. The summed E-state index contributed by atoms with van der Waals surface area (Å²) in [4.78, 5) is 0.133. The van der Waals surface area contributed by atoms with Crippen LogP contribution in [0, 0.1) is 6.92 Å². The first-order valence-corrected chi connectivity index (χ1v) is 7.87. The monoisotopic (exact) mass is 294 g/mol. The SMILES string of the molecule is [B][C@H]1CO[C@H]2[C@@H]1OC[C@H]2OS(=O)(=O)c1ccc(C)cc1. The molecule has 2 heterocycles. The molecular weight excluding hydrogens is 279 g/mol. The van der Waals surface area contributed by atoms with Gasteiger partial charge in [0.25, 0.3) is 10.1 Å². The van der Waals surface area contributed by atoms with Gasteiger partial charge in [-0.15, -0.1) is 0 Å². The summed E-state index contributed by atoms with van der Waals surface area (Å²) in [6.07, 6.45) is -1.33. The van der Waals surface area contributed by atoms with Crippen LogP contribution in [-0.4, -0.2) is 47.8 Å². The molecular formula is C13H15BO5S. The number of rotatable bonds is 3. The summed E-state index contributed by atoms with van der Waals surface area (Å²) < 4.78 is 40.6. The van der Waals surface area contributed by atoms with E-state index in [-0.39, 0.29) is 23.4 Å². The van der Waals surface area contributed by atoms with Gasteiger partial charge in [-0.05, 0) is 24.9 Å². The van der Waals surface area contributed by atoms with E-state index in [1.54, 1.807) is 12.1 Å². The van der Waals surface area contributed by atoms with Gasteiger partial charge in [-0.3, -0.25) is 4.18 Å². The van der Waals surface area contributed by atoms with Gasteiger partial charge in [-0.2, -0.15) is 8.42 Å². The number of fused-ring (bicyclic) bond motifs is 1. The summed E-state index contributed by atoms with van der Waals surface area (Å²) in [6, 6.07) is 6.51. The van der Waals surface area contributed by atoms with Crippen molar-refractivity contribution >= 4 is 18.0 Å². The van der Waals surface area contributed by atoms with Gasteiger partial charge in [0.05, 0.1) is 25.5 Å². The Morgan fingerprint density at radius 1 is 1.15 bits per heavy atom. The first kappa shape index (κ1) is 14.1. The summed E-state index contributed by atoms with van der Waals surface area (Å²) >= 11 is 0. The molecule has 1 aromatic carbocycles. The van der Waals surface area contributed by atoms with E-state index in [1.165, 1.54) is 12.1 Å². The number of benzene rings is 1. The topological polar surface area (TPSA) is 61.8 Å². The van der Waals surface area contributed by atoms with E-state index < -0.39 is 22.3 Å². The molecule has 0 amide bonds. The number of hydrogen-bond donors (Lipinski definition) is 0. The standard InChI is InChI=1S/C13H15BO5S/c1-8-2-4-9(5-3-8)20(15,16)19-11-7-18-12-10(14)6-17-13(11)12/h2-5,10-13H,6-7H2,1H3/t10-,11+,12+,13+/m0/s1. The first-order valence-electron chi connectivity index (χ1n) is 6.46. The quantitative estimate of drug-likeness (QED) is 0.610. The number of ether oxygens (including phenoxy) is 2. The van der Waals surface area contributed by atoms with Crippen LogP contribution in [-0.2, 0) is 23.8 Å². The molecule has 106 valence electrons. The van der Waals surface area contributed by atoms with Crippen LogP contribution in [0.2, 0.25) is 5.82 Å². The van der Waals surface area contributed by atoms with Crippen LogP contribution in [0.3, 0.4) is 0 Å². The molecule has 2 fully saturated rings. The zero-order chi connectivity index (χ0) is 14.3. The molecule has 0 aromatic heterocycles. The van der Waals surface area contributed by atoms with Gasteiger partial charge in [0.1, 0.15) is 12.2 Å². The van der Waals surface area contributed by atoms with Crippen LogP contribution in [0.15, 0.2) is 29.2 Å². The maximum atomic E-state index is 12.2. The van der Waals surface area contributed by atoms with E-state index >= 15 is 0 Å². The summed E-state index contributed by atoms with van der Waals surface area (Å²) in [5.74, 6) is -0.226. The summed E-state index contributed by atoms with van der Waals surface area (Å²) in [6.45, 7) is 2.42. The third kappa shape index (κ3) is 2.51. The molecule has 2 aliphatic heterocycles. The van der Waals surface area contributed by atoms with Crippen LogP contribution < -0.4 is 0 Å². The largest absolute Gasteiger partial charge is 0.373 e. The predicted octanol–water partition coefficient (Wildman–Crippen LogP) is 0.824. The van der Waals surface area contributed by atoms with Crippen molar-refractivity contribution in [2.24, 2.45) is 0 Å². The van der Waals surface area contributed by atoms with Crippen LogP contribution in [0.4, 0.5) is 0 Å². The molecule has 0 saturated carbocycles. The van der Waals surface area contributed by atoms with Crippen molar-refractivity contribution in [2.75, 3.05) is 13.2 Å². The maximum Gasteiger partial charge on any atom is 0.297 e. The third-order valence-corrected chi connectivity index (χ3v) is 4.96. The lowest BCUT2D eigenvalue weighted by atomic mass is 9.83.